The standard InChI is InChI=1S/C18H28N2O/c1-6-10-19-12-17-14(5)20(13(3)4)18-9-8-15(21-7-2)11-16(17)18/h8-9,11,13,19H,6-7,10,12H2,1-5H3. The number of hydrogen-bond donors (Lipinski definition) is 1. The van der Waals surface area contributed by atoms with Crippen molar-refractivity contribution in [2.75, 3.05) is 13.2 Å². The second-order valence-corrected chi connectivity index (χ2v) is 5.82. The van der Waals surface area contributed by atoms with Crippen LogP contribution in [0.15, 0.2) is 18.2 Å². The third-order valence-corrected chi connectivity index (χ3v) is 3.91. The van der Waals surface area contributed by atoms with E-state index in [4.69, 9.17) is 4.74 Å². The summed E-state index contributed by atoms with van der Waals surface area (Å²) in [5, 5.41) is 4.85. The Morgan fingerprint density at radius 3 is 2.62 bits per heavy atom. The third kappa shape index (κ3) is 3.24. The number of benzene rings is 1. The first-order valence-corrected chi connectivity index (χ1v) is 8.07. The van der Waals surface area contributed by atoms with Crippen LogP contribution in [-0.2, 0) is 6.54 Å². The normalized spacial score (nSPS) is 11.5. The van der Waals surface area contributed by atoms with E-state index < -0.39 is 0 Å². The summed E-state index contributed by atoms with van der Waals surface area (Å²) in [6.45, 7) is 13.6. The fraction of sp³-hybridized carbons (Fsp3) is 0.556. The van der Waals surface area contributed by atoms with Crippen LogP contribution in [0.1, 0.15) is 51.4 Å². The van der Waals surface area contributed by atoms with Crippen molar-refractivity contribution in [1.82, 2.24) is 9.88 Å². The van der Waals surface area contributed by atoms with E-state index in [1.807, 2.05) is 6.92 Å². The van der Waals surface area contributed by atoms with E-state index in [0.717, 1.165) is 25.3 Å². The summed E-state index contributed by atoms with van der Waals surface area (Å²) in [5.41, 5.74) is 4.06. The number of hydrogen-bond acceptors (Lipinski definition) is 2. The molecule has 0 spiro atoms. The van der Waals surface area contributed by atoms with Gasteiger partial charge in [0, 0.05) is 29.2 Å². The summed E-state index contributed by atoms with van der Waals surface area (Å²) in [6.07, 6.45) is 1.16. The van der Waals surface area contributed by atoms with Crippen molar-refractivity contribution >= 4 is 10.9 Å². The van der Waals surface area contributed by atoms with E-state index >= 15 is 0 Å². The van der Waals surface area contributed by atoms with E-state index in [2.05, 4.69) is 55.8 Å². The van der Waals surface area contributed by atoms with Gasteiger partial charge in [0.05, 0.1) is 6.61 Å². The highest BCUT2D eigenvalue weighted by molar-refractivity contribution is 5.87. The van der Waals surface area contributed by atoms with Crippen molar-refractivity contribution < 1.29 is 4.74 Å². The van der Waals surface area contributed by atoms with Crippen LogP contribution >= 0.6 is 0 Å². The second-order valence-electron chi connectivity index (χ2n) is 5.82. The molecule has 1 aromatic carbocycles. The first-order valence-electron chi connectivity index (χ1n) is 8.07. The van der Waals surface area contributed by atoms with E-state index in [1.165, 1.54) is 22.2 Å². The summed E-state index contributed by atoms with van der Waals surface area (Å²) in [4.78, 5) is 0. The Morgan fingerprint density at radius 1 is 1.24 bits per heavy atom. The molecular weight excluding hydrogens is 260 g/mol. The van der Waals surface area contributed by atoms with Gasteiger partial charge in [-0.3, -0.25) is 0 Å². The number of nitrogens with zero attached hydrogens (tertiary/aromatic N) is 1. The van der Waals surface area contributed by atoms with Crippen LogP contribution < -0.4 is 10.1 Å². The van der Waals surface area contributed by atoms with Gasteiger partial charge in [-0.05, 0) is 64.4 Å². The maximum Gasteiger partial charge on any atom is 0.120 e. The molecule has 2 aromatic rings. The Bertz CT molecular complexity index is 599. The van der Waals surface area contributed by atoms with Crippen molar-refractivity contribution in [3.63, 3.8) is 0 Å². The molecule has 116 valence electrons. The zero-order valence-electron chi connectivity index (χ0n) is 14.0. The fourth-order valence-electron chi connectivity index (χ4n) is 3.02. The van der Waals surface area contributed by atoms with Gasteiger partial charge in [0.25, 0.3) is 0 Å². The molecule has 21 heavy (non-hydrogen) atoms. The monoisotopic (exact) mass is 288 g/mol. The minimum Gasteiger partial charge on any atom is -0.494 e. The molecule has 0 aliphatic heterocycles. The Kier molecular flexibility index (Phi) is 5.29. The average Bonchev–Trinajstić information content (AvgIpc) is 2.72. The molecule has 2 rings (SSSR count). The van der Waals surface area contributed by atoms with Crippen molar-refractivity contribution in [2.24, 2.45) is 0 Å². The van der Waals surface area contributed by atoms with Gasteiger partial charge < -0.3 is 14.6 Å². The highest BCUT2D eigenvalue weighted by Gasteiger charge is 2.16. The number of nitrogens with one attached hydrogen (secondary N) is 1. The molecule has 0 fully saturated rings. The van der Waals surface area contributed by atoms with E-state index in [9.17, 15) is 0 Å². The highest BCUT2D eigenvalue weighted by atomic mass is 16.5. The Balaban J connectivity index is 2.51. The predicted octanol–water partition coefficient (Wildman–Crippen LogP) is 4.43. The van der Waals surface area contributed by atoms with Gasteiger partial charge >= 0.3 is 0 Å². The molecule has 3 heteroatoms. The summed E-state index contributed by atoms with van der Waals surface area (Å²) in [5.74, 6) is 0.961. The molecule has 0 aliphatic carbocycles. The summed E-state index contributed by atoms with van der Waals surface area (Å²) in [7, 11) is 0. The van der Waals surface area contributed by atoms with Crippen molar-refractivity contribution in [2.45, 2.75) is 53.6 Å². The molecule has 0 amide bonds. The summed E-state index contributed by atoms with van der Waals surface area (Å²) >= 11 is 0. The Hall–Kier alpha value is -1.48. The molecule has 0 saturated carbocycles. The van der Waals surface area contributed by atoms with E-state index in [0.29, 0.717) is 12.6 Å². The molecule has 1 heterocycles. The first kappa shape index (κ1) is 15.9. The van der Waals surface area contributed by atoms with Crippen LogP contribution in [0, 0.1) is 6.92 Å². The van der Waals surface area contributed by atoms with Gasteiger partial charge in [0.1, 0.15) is 5.75 Å². The molecule has 0 unspecified atom stereocenters. The van der Waals surface area contributed by atoms with Gasteiger partial charge in [0.2, 0.25) is 0 Å². The van der Waals surface area contributed by atoms with E-state index in [1.54, 1.807) is 0 Å². The topological polar surface area (TPSA) is 26.2 Å². The Morgan fingerprint density at radius 2 is 2.00 bits per heavy atom. The van der Waals surface area contributed by atoms with Crippen LogP contribution in [0.4, 0.5) is 0 Å². The van der Waals surface area contributed by atoms with Crippen LogP contribution in [0.2, 0.25) is 0 Å². The highest BCUT2D eigenvalue weighted by Crippen LogP contribution is 2.31. The van der Waals surface area contributed by atoms with Crippen LogP contribution in [0.3, 0.4) is 0 Å². The minimum atomic E-state index is 0.463. The number of fused-ring (bicyclic) bond motifs is 1. The summed E-state index contributed by atoms with van der Waals surface area (Å²) in [6, 6.07) is 6.92. The predicted molar refractivity (Wildman–Crippen MR) is 90.2 cm³/mol. The molecule has 0 atom stereocenters. The number of aromatic nitrogens is 1. The van der Waals surface area contributed by atoms with Gasteiger partial charge in [-0.15, -0.1) is 0 Å². The van der Waals surface area contributed by atoms with Gasteiger partial charge in [0.15, 0.2) is 0 Å². The molecule has 0 bridgehead atoms. The molecular formula is C18H28N2O. The lowest BCUT2D eigenvalue weighted by atomic mass is 10.1. The average molecular weight is 288 g/mol. The number of rotatable bonds is 7. The number of ether oxygens (including phenoxy) is 1. The lowest BCUT2D eigenvalue weighted by molar-refractivity contribution is 0.340. The third-order valence-electron chi connectivity index (χ3n) is 3.91. The molecule has 1 aromatic heterocycles. The van der Waals surface area contributed by atoms with E-state index in [-0.39, 0.29) is 0 Å². The minimum absolute atomic E-state index is 0.463. The molecule has 0 saturated heterocycles. The van der Waals surface area contributed by atoms with Crippen LogP contribution in [0.5, 0.6) is 5.75 Å². The smallest absolute Gasteiger partial charge is 0.120 e. The first-order chi connectivity index (χ1) is 10.1. The van der Waals surface area contributed by atoms with Gasteiger partial charge in [-0.25, -0.2) is 0 Å². The summed E-state index contributed by atoms with van der Waals surface area (Å²) < 4.78 is 8.10. The zero-order valence-corrected chi connectivity index (χ0v) is 14.0. The molecule has 1 N–H and O–H groups in total. The maximum absolute atomic E-state index is 5.67. The maximum atomic E-state index is 5.67. The lowest BCUT2D eigenvalue weighted by Crippen LogP contribution is -2.14. The van der Waals surface area contributed by atoms with Crippen molar-refractivity contribution in [1.29, 1.82) is 0 Å². The largest absolute Gasteiger partial charge is 0.494 e. The molecule has 3 nitrogen and oxygen atoms in total. The Labute approximate surface area is 128 Å². The quantitative estimate of drug-likeness (QED) is 0.763. The fourth-order valence-corrected chi connectivity index (χ4v) is 3.02. The zero-order chi connectivity index (χ0) is 15.4. The van der Waals surface area contributed by atoms with Crippen LogP contribution in [0.25, 0.3) is 10.9 Å². The van der Waals surface area contributed by atoms with Crippen molar-refractivity contribution in [3.05, 3.63) is 29.5 Å². The van der Waals surface area contributed by atoms with Gasteiger partial charge in [-0.2, -0.15) is 0 Å². The lowest BCUT2D eigenvalue weighted by Gasteiger charge is -2.13. The molecule has 0 aliphatic rings. The second kappa shape index (κ2) is 6.99. The SMILES string of the molecule is CCCNCc1c(C)n(C(C)C)c2ccc(OCC)cc12. The molecule has 0 radical (unpaired) electrons. The van der Waals surface area contributed by atoms with Crippen LogP contribution in [-0.4, -0.2) is 17.7 Å². The van der Waals surface area contributed by atoms with Crippen molar-refractivity contribution in [3.8, 4) is 5.75 Å². The van der Waals surface area contributed by atoms with Gasteiger partial charge in [-0.1, -0.05) is 6.92 Å².